The minimum absolute atomic E-state index is 0.0871. The topological polar surface area (TPSA) is 58.4 Å². The summed E-state index contributed by atoms with van der Waals surface area (Å²) in [6, 6.07) is 17.0. The van der Waals surface area contributed by atoms with Crippen LogP contribution in [0.3, 0.4) is 0 Å². The number of phenolic OH excluding ortho intramolecular Hbond substituents is 1. The maximum absolute atomic E-state index is 14.3. The average Bonchev–Trinajstić information content (AvgIpc) is 3.36. The number of amides is 1. The van der Waals surface area contributed by atoms with Crippen LogP contribution in [-0.4, -0.2) is 25.7 Å². The second kappa shape index (κ2) is 7.71. The number of hydrogen-bond acceptors (Lipinski definition) is 3. The first-order chi connectivity index (χ1) is 15.0. The molecule has 1 unspecified atom stereocenters. The number of benzene rings is 3. The molecular formula is C24H19ClFN3O2. The van der Waals surface area contributed by atoms with Gasteiger partial charge in [-0.1, -0.05) is 48.0 Å². The number of carbonyl (C=O) groups excluding carboxylic acids is 1. The van der Waals surface area contributed by atoms with E-state index in [4.69, 9.17) is 11.6 Å². The third-order valence-electron chi connectivity index (χ3n) is 5.76. The van der Waals surface area contributed by atoms with Gasteiger partial charge >= 0.3 is 0 Å². The van der Waals surface area contributed by atoms with Crippen LogP contribution in [0.1, 0.15) is 29.2 Å². The summed E-state index contributed by atoms with van der Waals surface area (Å²) in [5.74, 6) is -0.387. The molecule has 7 heteroatoms. The molecule has 1 aromatic heterocycles. The quantitative estimate of drug-likeness (QED) is 0.487. The van der Waals surface area contributed by atoms with Gasteiger partial charge in [0.2, 0.25) is 5.91 Å². The zero-order chi connectivity index (χ0) is 21.5. The largest absolute Gasteiger partial charge is 0.508 e. The van der Waals surface area contributed by atoms with Gasteiger partial charge in [0.1, 0.15) is 17.1 Å². The molecule has 156 valence electrons. The third kappa shape index (κ3) is 3.43. The molecule has 1 aliphatic rings. The van der Waals surface area contributed by atoms with Gasteiger partial charge in [-0.3, -0.25) is 9.48 Å². The first-order valence-electron chi connectivity index (χ1n) is 9.98. The van der Waals surface area contributed by atoms with Crippen LogP contribution in [0, 0.1) is 5.82 Å². The molecule has 31 heavy (non-hydrogen) atoms. The van der Waals surface area contributed by atoms with E-state index in [0.717, 1.165) is 11.1 Å². The molecular weight excluding hydrogens is 417 g/mol. The molecule has 4 aromatic rings. The normalized spacial score (nSPS) is 15.4. The predicted molar refractivity (Wildman–Crippen MR) is 116 cm³/mol. The van der Waals surface area contributed by atoms with Crippen LogP contribution in [0.4, 0.5) is 4.39 Å². The molecule has 0 saturated carbocycles. The van der Waals surface area contributed by atoms with Gasteiger partial charge in [0.15, 0.2) is 0 Å². The van der Waals surface area contributed by atoms with Gasteiger partial charge in [-0.15, -0.1) is 0 Å². The Labute approximate surface area is 183 Å². The van der Waals surface area contributed by atoms with Crippen molar-refractivity contribution in [2.75, 3.05) is 0 Å². The predicted octanol–water partition coefficient (Wildman–Crippen LogP) is 5.06. The molecule has 5 rings (SSSR count). The summed E-state index contributed by atoms with van der Waals surface area (Å²) in [6.07, 6.45) is 1.75. The Morgan fingerprint density at radius 3 is 2.84 bits per heavy atom. The van der Waals surface area contributed by atoms with Gasteiger partial charge in [-0.2, -0.15) is 5.10 Å². The Hall–Kier alpha value is -3.38. The molecule has 0 spiro atoms. The summed E-state index contributed by atoms with van der Waals surface area (Å²) in [5.41, 5.74) is 2.96. The van der Waals surface area contributed by atoms with E-state index in [1.165, 1.54) is 10.7 Å². The van der Waals surface area contributed by atoms with Crippen molar-refractivity contribution in [1.29, 1.82) is 0 Å². The number of aromatic nitrogens is 2. The van der Waals surface area contributed by atoms with Gasteiger partial charge in [-0.25, -0.2) is 4.39 Å². The molecule has 3 aromatic carbocycles. The number of aromatic hydroxyl groups is 1. The second-order valence-corrected chi connectivity index (χ2v) is 8.06. The summed E-state index contributed by atoms with van der Waals surface area (Å²) >= 11 is 6.19. The number of nitrogens with zero attached hydrogens (tertiary/aromatic N) is 3. The molecule has 1 N–H and O–H groups in total. The van der Waals surface area contributed by atoms with Crippen LogP contribution in [0.2, 0.25) is 5.02 Å². The van der Waals surface area contributed by atoms with Crippen molar-refractivity contribution in [2.45, 2.75) is 25.6 Å². The summed E-state index contributed by atoms with van der Waals surface area (Å²) in [5, 5.41) is 15.9. The van der Waals surface area contributed by atoms with E-state index in [1.807, 2.05) is 24.3 Å². The van der Waals surface area contributed by atoms with Crippen molar-refractivity contribution >= 4 is 28.4 Å². The van der Waals surface area contributed by atoms with Crippen LogP contribution >= 0.6 is 11.6 Å². The van der Waals surface area contributed by atoms with E-state index >= 15 is 0 Å². The molecule has 1 atom stereocenters. The number of carbonyl (C=O) groups is 1. The van der Waals surface area contributed by atoms with Gasteiger partial charge < -0.3 is 10.0 Å². The highest BCUT2D eigenvalue weighted by Crippen LogP contribution is 2.42. The fourth-order valence-corrected chi connectivity index (χ4v) is 4.49. The molecule has 0 aliphatic carbocycles. The molecule has 1 aliphatic heterocycles. The number of hydrogen-bond donors (Lipinski definition) is 1. The lowest BCUT2D eigenvalue weighted by Gasteiger charge is -2.26. The Bertz CT molecular complexity index is 1300. The van der Waals surface area contributed by atoms with Gasteiger partial charge in [0.25, 0.3) is 0 Å². The van der Waals surface area contributed by atoms with Crippen molar-refractivity contribution in [3.05, 3.63) is 94.4 Å². The van der Waals surface area contributed by atoms with Crippen molar-refractivity contribution in [3.8, 4) is 5.75 Å². The minimum Gasteiger partial charge on any atom is -0.508 e. The third-order valence-corrected chi connectivity index (χ3v) is 5.99. The Kier molecular flexibility index (Phi) is 4.87. The van der Waals surface area contributed by atoms with E-state index in [-0.39, 0.29) is 30.4 Å². The fraction of sp³-hybridized carbons (Fsp3) is 0.167. The smallest absolute Gasteiger partial charge is 0.225 e. The minimum atomic E-state index is -0.437. The van der Waals surface area contributed by atoms with Crippen LogP contribution in [0.5, 0.6) is 5.75 Å². The zero-order valence-corrected chi connectivity index (χ0v) is 17.3. The highest BCUT2D eigenvalue weighted by atomic mass is 35.5. The molecule has 5 nitrogen and oxygen atoms in total. The number of para-hydroxylation sites is 1. The summed E-state index contributed by atoms with van der Waals surface area (Å²) in [7, 11) is 0. The Morgan fingerprint density at radius 1 is 1.13 bits per heavy atom. The number of halogens is 2. The zero-order valence-electron chi connectivity index (χ0n) is 16.5. The van der Waals surface area contributed by atoms with Gasteiger partial charge in [0.05, 0.1) is 18.8 Å². The SMILES string of the molecule is O=C(CCn1ncc2cccc(F)c21)N1Cc2ccccc2C1c1cc(Cl)ccc1O. The molecule has 1 amide bonds. The van der Waals surface area contributed by atoms with E-state index in [0.29, 0.717) is 28.0 Å². The fourth-order valence-electron chi connectivity index (χ4n) is 4.31. The van der Waals surface area contributed by atoms with Crippen molar-refractivity contribution in [3.63, 3.8) is 0 Å². The summed E-state index contributed by atoms with van der Waals surface area (Å²) in [6.45, 7) is 0.685. The number of rotatable bonds is 4. The monoisotopic (exact) mass is 435 g/mol. The number of phenols is 1. The summed E-state index contributed by atoms with van der Waals surface area (Å²) < 4.78 is 15.8. The van der Waals surface area contributed by atoms with Crippen molar-refractivity contribution < 1.29 is 14.3 Å². The molecule has 0 saturated heterocycles. The van der Waals surface area contributed by atoms with Gasteiger partial charge in [-0.05, 0) is 35.4 Å². The Morgan fingerprint density at radius 2 is 1.97 bits per heavy atom. The average molecular weight is 436 g/mol. The van der Waals surface area contributed by atoms with E-state index in [2.05, 4.69) is 5.10 Å². The lowest BCUT2D eigenvalue weighted by atomic mass is 9.97. The molecule has 0 radical (unpaired) electrons. The lowest BCUT2D eigenvalue weighted by molar-refractivity contribution is -0.133. The highest BCUT2D eigenvalue weighted by Gasteiger charge is 2.35. The number of aryl methyl sites for hydroxylation is 1. The maximum Gasteiger partial charge on any atom is 0.225 e. The maximum atomic E-state index is 14.3. The van der Waals surface area contributed by atoms with Gasteiger partial charge in [0, 0.05) is 28.9 Å². The van der Waals surface area contributed by atoms with Crippen LogP contribution in [-0.2, 0) is 17.9 Å². The van der Waals surface area contributed by atoms with Crippen molar-refractivity contribution in [1.82, 2.24) is 14.7 Å². The van der Waals surface area contributed by atoms with E-state index in [1.54, 1.807) is 41.4 Å². The second-order valence-electron chi connectivity index (χ2n) is 7.62. The first kappa shape index (κ1) is 19.6. The van der Waals surface area contributed by atoms with E-state index in [9.17, 15) is 14.3 Å². The van der Waals surface area contributed by atoms with E-state index < -0.39 is 6.04 Å². The molecule has 2 heterocycles. The summed E-state index contributed by atoms with van der Waals surface area (Å²) in [4.78, 5) is 15.0. The first-order valence-corrected chi connectivity index (χ1v) is 10.4. The van der Waals surface area contributed by atoms with Crippen LogP contribution < -0.4 is 0 Å². The standard InChI is InChI=1S/C24H19ClFN3O2/c25-17-8-9-21(30)19(12-17)24-18-6-2-1-4-16(18)14-28(24)22(31)10-11-29-23-15(13-27-29)5-3-7-20(23)26/h1-9,12-13,24,30H,10-11,14H2. The van der Waals surface area contributed by atoms with Crippen LogP contribution in [0.25, 0.3) is 10.9 Å². The lowest BCUT2D eigenvalue weighted by Crippen LogP contribution is -2.31. The molecule has 0 fully saturated rings. The Balaban J connectivity index is 1.45. The number of fused-ring (bicyclic) bond motifs is 2. The molecule has 0 bridgehead atoms. The van der Waals surface area contributed by atoms with Crippen LogP contribution in [0.15, 0.2) is 66.9 Å². The highest BCUT2D eigenvalue weighted by molar-refractivity contribution is 6.30. The van der Waals surface area contributed by atoms with Crippen molar-refractivity contribution in [2.24, 2.45) is 0 Å².